The number of nitrogens with zero attached hydrogens (tertiary/aromatic N) is 1. The number of anilines is 1. The quantitative estimate of drug-likeness (QED) is 0.664. The zero-order valence-electron chi connectivity index (χ0n) is 14.2. The molecule has 0 unspecified atom stereocenters. The van der Waals surface area contributed by atoms with Crippen LogP contribution in [0.15, 0.2) is 46.7 Å². The number of sulfonamides is 1. The highest BCUT2D eigenvalue weighted by atomic mass is 32.2. The van der Waals surface area contributed by atoms with E-state index in [2.05, 4.69) is 9.71 Å². The minimum absolute atomic E-state index is 0.0691. The summed E-state index contributed by atoms with van der Waals surface area (Å²) >= 11 is 1.04. The third-order valence-electron chi connectivity index (χ3n) is 3.61. The molecule has 0 aliphatic heterocycles. The van der Waals surface area contributed by atoms with Gasteiger partial charge in [-0.15, -0.1) is 11.3 Å². The number of benzene rings is 2. The number of hydrogen-bond donors (Lipinski definition) is 1. The van der Waals surface area contributed by atoms with Crippen molar-refractivity contribution in [2.24, 2.45) is 0 Å². The number of rotatable bonds is 6. The van der Waals surface area contributed by atoms with Crippen LogP contribution in [-0.2, 0) is 10.0 Å². The minimum Gasteiger partial charge on any atom is -0.497 e. The van der Waals surface area contributed by atoms with E-state index in [4.69, 9.17) is 9.47 Å². The number of halogens is 2. The first-order valence-corrected chi connectivity index (χ1v) is 9.86. The maximum atomic E-state index is 13.3. The Morgan fingerprint density at radius 2 is 1.81 bits per heavy atom. The van der Waals surface area contributed by atoms with Crippen molar-refractivity contribution in [3.63, 3.8) is 0 Å². The highest BCUT2D eigenvalue weighted by Crippen LogP contribution is 2.35. The number of aromatic nitrogens is 1. The van der Waals surface area contributed by atoms with Crippen LogP contribution in [0, 0.1) is 11.6 Å². The first kappa shape index (κ1) is 19.1. The van der Waals surface area contributed by atoms with Crippen LogP contribution in [0.4, 0.5) is 13.9 Å². The van der Waals surface area contributed by atoms with E-state index in [1.807, 2.05) is 0 Å². The lowest BCUT2D eigenvalue weighted by molar-refractivity contribution is 0.404. The number of nitrogens with one attached hydrogen (secondary N) is 1. The molecule has 1 heterocycles. The lowest BCUT2D eigenvalue weighted by Gasteiger charge is -2.08. The van der Waals surface area contributed by atoms with Crippen LogP contribution in [0.3, 0.4) is 0 Å². The molecule has 3 aromatic rings. The molecule has 1 N–H and O–H groups in total. The second kappa shape index (κ2) is 7.49. The van der Waals surface area contributed by atoms with E-state index in [1.165, 1.54) is 14.2 Å². The predicted molar refractivity (Wildman–Crippen MR) is 97.8 cm³/mol. The summed E-state index contributed by atoms with van der Waals surface area (Å²) in [5, 5.41) is 1.71. The molecule has 0 radical (unpaired) electrons. The van der Waals surface area contributed by atoms with Crippen LogP contribution in [0.25, 0.3) is 11.3 Å². The van der Waals surface area contributed by atoms with Crippen LogP contribution < -0.4 is 14.2 Å². The molecule has 27 heavy (non-hydrogen) atoms. The molecule has 3 rings (SSSR count). The van der Waals surface area contributed by atoms with Crippen LogP contribution in [-0.4, -0.2) is 27.6 Å². The molecule has 0 amide bonds. The first-order valence-electron chi connectivity index (χ1n) is 7.50. The number of hydrogen-bond acceptors (Lipinski definition) is 6. The van der Waals surface area contributed by atoms with E-state index < -0.39 is 26.6 Å². The first-order chi connectivity index (χ1) is 12.8. The highest BCUT2D eigenvalue weighted by Gasteiger charge is 2.19. The molecule has 0 spiro atoms. The fourth-order valence-corrected chi connectivity index (χ4v) is 4.25. The summed E-state index contributed by atoms with van der Waals surface area (Å²) in [6.45, 7) is 0. The van der Waals surface area contributed by atoms with Crippen molar-refractivity contribution in [3.05, 3.63) is 53.4 Å². The van der Waals surface area contributed by atoms with E-state index in [0.29, 0.717) is 28.8 Å². The van der Waals surface area contributed by atoms with Gasteiger partial charge in [-0.25, -0.2) is 22.2 Å². The lowest BCUT2D eigenvalue weighted by Crippen LogP contribution is -2.13. The van der Waals surface area contributed by atoms with Crippen molar-refractivity contribution in [1.82, 2.24) is 4.98 Å². The van der Waals surface area contributed by atoms with Crippen molar-refractivity contribution in [2.75, 3.05) is 18.9 Å². The van der Waals surface area contributed by atoms with E-state index in [0.717, 1.165) is 23.5 Å². The summed E-state index contributed by atoms with van der Waals surface area (Å²) < 4.78 is 63.8. The van der Waals surface area contributed by atoms with Gasteiger partial charge in [0.1, 0.15) is 11.5 Å². The molecular formula is C17H14F2N2O4S2. The third kappa shape index (κ3) is 4.01. The lowest BCUT2D eigenvalue weighted by atomic mass is 10.1. The molecule has 0 bridgehead atoms. The van der Waals surface area contributed by atoms with Crippen molar-refractivity contribution in [3.8, 4) is 22.8 Å². The van der Waals surface area contributed by atoms with Gasteiger partial charge in [-0.2, -0.15) is 0 Å². The summed E-state index contributed by atoms with van der Waals surface area (Å²) in [5.74, 6) is -1.26. The zero-order valence-corrected chi connectivity index (χ0v) is 15.8. The van der Waals surface area contributed by atoms with Gasteiger partial charge in [0, 0.05) is 10.9 Å². The monoisotopic (exact) mass is 412 g/mol. The van der Waals surface area contributed by atoms with Gasteiger partial charge in [0.25, 0.3) is 10.0 Å². The van der Waals surface area contributed by atoms with Gasteiger partial charge in [0.15, 0.2) is 16.8 Å². The van der Waals surface area contributed by atoms with Gasteiger partial charge in [0.05, 0.1) is 24.8 Å². The molecule has 142 valence electrons. The fraction of sp³-hybridized carbons (Fsp3) is 0.118. The van der Waals surface area contributed by atoms with Gasteiger partial charge in [0.2, 0.25) is 0 Å². The largest absolute Gasteiger partial charge is 0.497 e. The molecule has 0 saturated heterocycles. The highest BCUT2D eigenvalue weighted by molar-refractivity contribution is 7.93. The van der Waals surface area contributed by atoms with Crippen molar-refractivity contribution < 1.29 is 26.7 Å². The molecule has 0 fully saturated rings. The fourth-order valence-electron chi connectivity index (χ4n) is 2.28. The van der Waals surface area contributed by atoms with Crippen molar-refractivity contribution in [2.45, 2.75) is 4.90 Å². The predicted octanol–water partition coefficient (Wildman–Crippen LogP) is 3.91. The summed E-state index contributed by atoms with van der Waals surface area (Å²) in [7, 11) is -1.09. The Labute approximate surface area is 158 Å². The van der Waals surface area contributed by atoms with Gasteiger partial charge < -0.3 is 9.47 Å². The Bertz CT molecular complexity index is 1080. The van der Waals surface area contributed by atoms with Gasteiger partial charge in [-0.3, -0.25) is 4.72 Å². The van der Waals surface area contributed by atoms with Crippen LogP contribution >= 0.6 is 11.3 Å². The summed E-state index contributed by atoms with van der Waals surface area (Å²) in [4.78, 5) is 3.83. The zero-order chi connectivity index (χ0) is 19.6. The molecule has 10 heteroatoms. The number of methoxy groups -OCH3 is 2. The van der Waals surface area contributed by atoms with E-state index in [1.54, 1.807) is 23.6 Å². The van der Waals surface area contributed by atoms with E-state index >= 15 is 0 Å². The van der Waals surface area contributed by atoms with Crippen LogP contribution in [0.2, 0.25) is 0 Å². The smallest absolute Gasteiger partial charge is 0.263 e. The van der Waals surface area contributed by atoms with Gasteiger partial charge >= 0.3 is 0 Å². The Balaban J connectivity index is 1.91. The standard InChI is InChI=1S/C17H14F2N2O4S2/c1-24-10-3-6-16(25-2)12(7-10)15-9-26-17(20-15)21-27(22,23)11-4-5-13(18)14(19)8-11/h3-9H,1-2H3,(H,20,21). The maximum Gasteiger partial charge on any atom is 0.263 e. The summed E-state index contributed by atoms with van der Waals surface area (Å²) in [6.07, 6.45) is 0. The maximum absolute atomic E-state index is 13.3. The average molecular weight is 412 g/mol. The Morgan fingerprint density at radius 1 is 1.04 bits per heavy atom. The van der Waals surface area contributed by atoms with Gasteiger partial charge in [-0.05, 0) is 36.4 Å². The molecule has 2 aromatic carbocycles. The Hall–Kier alpha value is -2.72. The van der Waals surface area contributed by atoms with Gasteiger partial charge in [-0.1, -0.05) is 0 Å². The normalized spacial score (nSPS) is 11.3. The second-order valence-corrected chi connectivity index (χ2v) is 7.83. The third-order valence-corrected chi connectivity index (χ3v) is 5.83. The summed E-state index contributed by atoms with van der Waals surface area (Å²) in [6, 6.07) is 7.47. The topological polar surface area (TPSA) is 77.5 Å². The molecule has 6 nitrogen and oxygen atoms in total. The molecule has 0 aliphatic carbocycles. The Morgan fingerprint density at radius 3 is 2.48 bits per heavy atom. The Kier molecular flexibility index (Phi) is 5.29. The van der Waals surface area contributed by atoms with Crippen molar-refractivity contribution in [1.29, 1.82) is 0 Å². The molecule has 1 aromatic heterocycles. The second-order valence-electron chi connectivity index (χ2n) is 5.29. The van der Waals surface area contributed by atoms with Crippen LogP contribution in [0.1, 0.15) is 0 Å². The minimum atomic E-state index is -4.11. The molecule has 0 saturated carbocycles. The SMILES string of the molecule is COc1ccc(OC)c(-c2csc(NS(=O)(=O)c3ccc(F)c(F)c3)n2)c1. The molecular weight excluding hydrogens is 398 g/mol. The molecule has 0 aliphatic rings. The summed E-state index contributed by atoms with van der Waals surface area (Å²) in [5.41, 5.74) is 1.09. The van der Waals surface area contributed by atoms with Crippen LogP contribution in [0.5, 0.6) is 11.5 Å². The van der Waals surface area contributed by atoms with E-state index in [9.17, 15) is 17.2 Å². The number of thiazole rings is 1. The van der Waals surface area contributed by atoms with E-state index in [-0.39, 0.29) is 5.13 Å². The average Bonchev–Trinajstić information content (AvgIpc) is 3.10. The van der Waals surface area contributed by atoms with Crippen molar-refractivity contribution >= 4 is 26.5 Å². The molecule has 0 atom stereocenters. The number of ether oxygens (including phenoxy) is 2.